The van der Waals surface area contributed by atoms with Gasteiger partial charge in [-0.05, 0) is 31.2 Å². The summed E-state index contributed by atoms with van der Waals surface area (Å²) in [5, 5.41) is 0.634. The van der Waals surface area contributed by atoms with Crippen LogP contribution in [0.15, 0.2) is 24.3 Å². The highest BCUT2D eigenvalue weighted by Gasteiger charge is 2.07. The molecule has 0 aromatic heterocycles. The van der Waals surface area contributed by atoms with Crippen LogP contribution in [0.25, 0.3) is 0 Å². The summed E-state index contributed by atoms with van der Waals surface area (Å²) in [7, 11) is -3.17. The maximum Gasteiger partial charge on any atom is 0.208 e. The fourth-order valence-corrected chi connectivity index (χ4v) is 1.72. The Kier molecular flexibility index (Phi) is 4.58. The van der Waals surface area contributed by atoms with Crippen LogP contribution in [0, 0.1) is 0 Å². The molecule has 0 aliphatic rings. The number of nitrogens with one attached hydrogen (secondary N) is 1. The maximum absolute atomic E-state index is 10.8. The van der Waals surface area contributed by atoms with Crippen LogP contribution in [0.2, 0.25) is 5.02 Å². The molecule has 0 saturated carbocycles. The molecule has 0 bridgehead atoms. The minimum Gasteiger partial charge on any atom is -0.489 e. The molecular weight excluding hydrogens is 250 g/mol. The number of benzene rings is 1. The molecule has 4 nitrogen and oxygen atoms in total. The van der Waals surface area contributed by atoms with Crippen LogP contribution in [0.5, 0.6) is 5.75 Å². The monoisotopic (exact) mass is 263 g/mol. The molecule has 1 aromatic rings. The van der Waals surface area contributed by atoms with Crippen LogP contribution in [0.1, 0.15) is 6.92 Å². The lowest BCUT2D eigenvalue weighted by atomic mass is 10.3. The fourth-order valence-electron chi connectivity index (χ4n) is 1.06. The van der Waals surface area contributed by atoms with Gasteiger partial charge in [0.05, 0.1) is 6.26 Å². The van der Waals surface area contributed by atoms with Gasteiger partial charge in [-0.3, -0.25) is 0 Å². The van der Waals surface area contributed by atoms with Crippen molar-refractivity contribution in [2.24, 2.45) is 0 Å². The third-order valence-corrected chi connectivity index (χ3v) is 2.73. The van der Waals surface area contributed by atoms with Gasteiger partial charge in [0.25, 0.3) is 0 Å². The summed E-state index contributed by atoms with van der Waals surface area (Å²) in [6, 6.07) is 6.90. The molecule has 0 aliphatic carbocycles. The summed E-state index contributed by atoms with van der Waals surface area (Å²) >= 11 is 5.72. The molecule has 1 atom stereocenters. The summed E-state index contributed by atoms with van der Waals surface area (Å²) in [6.45, 7) is 2.02. The molecular formula is C10H14ClNO3S. The average molecular weight is 264 g/mol. The molecule has 0 amide bonds. The Hall–Kier alpha value is -0.780. The van der Waals surface area contributed by atoms with E-state index in [0.717, 1.165) is 6.26 Å². The van der Waals surface area contributed by atoms with Crippen LogP contribution < -0.4 is 9.46 Å². The lowest BCUT2D eigenvalue weighted by molar-refractivity contribution is 0.225. The van der Waals surface area contributed by atoms with Gasteiger partial charge in [0.2, 0.25) is 10.0 Å². The topological polar surface area (TPSA) is 55.4 Å². The number of hydrogen-bond acceptors (Lipinski definition) is 3. The predicted octanol–water partition coefficient (Wildman–Crippen LogP) is 1.66. The summed E-state index contributed by atoms with van der Waals surface area (Å²) in [5.74, 6) is 0.659. The van der Waals surface area contributed by atoms with E-state index in [-0.39, 0.29) is 12.6 Å². The first-order valence-corrected chi connectivity index (χ1v) is 7.00. The number of halogens is 1. The van der Waals surface area contributed by atoms with Gasteiger partial charge in [0, 0.05) is 11.6 Å². The van der Waals surface area contributed by atoms with E-state index in [0.29, 0.717) is 10.8 Å². The predicted molar refractivity (Wildman–Crippen MR) is 64.4 cm³/mol. The zero-order chi connectivity index (χ0) is 12.2. The molecule has 16 heavy (non-hydrogen) atoms. The summed E-state index contributed by atoms with van der Waals surface area (Å²) in [6.07, 6.45) is 0.873. The van der Waals surface area contributed by atoms with Crippen LogP contribution >= 0.6 is 11.6 Å². The lowest BCUT2D eigenvalue weighted by Crippen LogP contribution is -2.32. The van der Waals surface area contributed by atoms with Crippen molar-refractivity contribution < 1.29 is 13.2 Å². The van der Waals surface area contributed by atoms with Gasteiger partial charge in [-0.1, -0.05) is 11.6 Å². The van der Waals surface area contributed by atoms with E-state index in [1.807, 2.05) is 0 Å². The quantitative estimate of drug-likeness (QED) is 0.879. The van der Waals surface area contributed by atoms with Crippen LogP contribution in [-0.4, -0.2) is 27.3 Å². The molecule has 6 heteroatoms. The van der Waals surface area contributed by atoms with E-state index in [1.54, 1.807) is 31.2 Å². The first-order valence-electron chi connectivity index (χ1n) is 4.74. The molecule has 0 saturated heterocycles. The summed E-state index contributed by atoms with van der Waals surface area (Å²) < 4.78 is 29.6. The second-order valence-corrected chi connectivity index (χ2v) is 5.77. The number of ether oxygens (including phenoxy) is 1. The third kappa shape index (κ3) is 5.34. The molecule has 0 radical (unpaired) electrons. The molecule has 1 N–H and O–H groups in total. The Bertz CT molecular complexity index is 430. The minimum atomic E-state index is -3.17. The second kappa shape index (κ2) is 5.52. The van der Waals surface area contributed by atoms with E-state index in [1.165, 1.54) is 0 Å². The van der Waals surface area contributed by atoms with Gasteiger partial charge in [-0.2, -0.15) is 0 Å². The molecule has 1 aromatic carbocycles. The van der Waals surface area contributed by atoms with Gasteiger partial charge in [-0.15, -0.1) is 0 Å². The molecule has 0 aliphatic heterocycles. The molecule has 1 rings (SSSR count). The molecule has 0 spiro atoms. The first-order chi connectivity index (χ1) is 7.37. The van der Waals surface area contributed by atoms with E-state index < -0.39 is 10.0 Å². The average Bonchev–Trinajstić information content (AvgIpc) is 2.18. The van der Waals surface area contributed by atoms with E-state index in [4.69, 9.17) is 16.3 Å². The summed E-state index contributed by atoms with van der Waals surface area (Å²) in [4.78, 5) is 0. The van der Waals surface area contributed by atoms with Gasteiger partial charge in [0.15, 0.2) is 0 Å². The van der Waals surface area contributed by atoms with Crippen molar-refractivity contribution >= 4 is 21.6 Å². The normalized spacial score (nSPS) is 13.4. The zero-order valence-electron chi connectivity index (χ0n) is 9.10. The standard InChI is InChI=1S/C10H14ClNO3S/c1-8(7-12-16(2,13)14)15-10-5-3-9(11)4-6-10/h3-6,8,12H,7H2,1-2H3. The highest BCUT2D eigenvalue weighted by atomic mass is 35.5. The molecule has 0 heterocycles. The Morgan fingerprint density at radius 2 is 1.94 bits per heavy atom. The van der Waals surface area contributed by atoms with Gasteiger partial charge < -0.3 is 4.74 Å². The van der Waals surface area contributed by atoms with E-state index in [2.05, 4.69) is 4.72 Å². The Balaban J connectivity index is 2.45. The van der Waals surface area contributed by atoms with Crippen molar-refractivity contribution in [3.8, 4) is 5.75 Å². The highest BCUT2D eigenvalue weighted by molar-refractivity contribution is 7.88. The Morgan fingerprint density at radius 1 is 1.38 bits per heavy atom. The lowest BCUT2D eigenvalue weighted by Gasteiger charge is -2.14. The minimum absolute atomic E-state index is 0.238. The van der Waals surface area contributed by atoms with Crippen LogP contribution in [-0.2, 0) is 10.0 Å². The largest absolute Gasteiger partial charge is 0.489 e. The zero-order valence-corrected chi connectivity index (χ0v) is 10.7. The van der Waals surface area contributed by atoms with Gasteiger partial charge in [0.1, 0.15) is 11.9 Å². The summed E-state index contributed by atoms with van der Waals surface area (Å²) in [5.41, 5.74) is 0. The van der Waals surface area contributed by atoms with Crippen molar-refractivity contribution in [1.82, 2.24) is 4.72 Å². The molecule has 90 valence electrons. The van der Waals surface area contributed by atoms with Crippen molar-refractivity contribution in [1.29, 1.82) is 0 Å². The van der Waals surface area contributed by atoms with Crippen LogP contribution in [0.3, 0.4) is 0 Å². The number of rotatable bonds is 5. The maximum atomic E-state index is 10.8. The molecule has 1 unspecified atom stereocenters. The van der Waals surface area contributed by atoms with Crippen molar-refractivity contribution in [2.75, 3.05) is 12.8 Å². The highest BCUT2D eigenvalue weighted by Crippen LogP contribution is 2.16. The van der Waals surface area contributed by atoms with Crippen molar-refractivity contribution in [2.45, 2.75) is 13.0 Å². The second-order valence-electron chi connectivity index (χ2n) is 3.50. The SMILES string of the molecule is CC(CNS(C)(=O)=O)Oc1ccc(Cl)cc1. The van der Waals surface area contributed by atoms with E-state index >= 15 is 0 Å². The van der Waals surface area contributed by atoms with Crippen molar-refractivity contribution in [3.63, 3.8) is 0 Å². The molecule has 0 fully saturated rings. The van der Waals surface area contributed by atoms with Crippen molar-refractivity contribution in [3.05, 3.63) is 29.3 Å². The third-order valence-electron chi connectivity index (χ3n) is 1.78. The number of sulfonamides is 1. The van der Waals surface area contributed by atoms with Crippen LogP contribution in [0.4, 0.5) is 0 Å². The fraction of sp³-hybridized carbons (Fsp3) is 0.400. The van der Waals surface area contributed by atoms with E-state index in [9.17, 15) is 8.42 Å². The Labute approximate surface area is 101 Å². The first kappa shape index (κ1) is 13.3. The smallest absolute Gasteiger partial charge is 0.208 e. The van der Waals surface area contributed by atoms with Gasteiger partial charge >= 0.3 is 0 Å². The number of hydrogen-bond donors (Lipinski definition) is 1. The Morgan fingerprint density at radius 3 is 2.44 bits per heavy atom. The van der Waals surface area contributed by atoms with Gasteiger partial charge in [-0.25, -0.2) is 13.1 Å².